The fourth-order valence-corrected chi connectivity index (χ4v) is 6.82. The summed E-state index contributed by atoms with van der Waals surface area (Å²) >= 11 is 1.47. The minimum absolute atomic E-state index is 0.162. The number of morpholine rings is 1. The van der Waals surface area contributed by atoms with E-state index >= 15 is 0 Å². The van der Waals surface area contributed by atoms with Crippen molar-refractivity contribution in [1.82, 2.24) is 9.29 Å². The molecule has 1 fully saturated rings. The number of ether oxygens (including phenoxy) is 1. The van der Waals surface area contributed by atoms with Gasteiger partial charge in [-0.2, -0.15) is 4.31 Å². The van der Waals surface area contributed by atoms with Gasteiger partial charge in [0.1, 0.15) is 0 Å². The second-order valence-electron chi connectivity index (χ2n) is 8.18. The molecule has 0 saturated carbocycles. The van der Waals surface area contributed by atoms with Crippen molar-refractivity contribution in [3.05, 3.63) is 64.5 Å². The van der Waals surface area contributed by atoms with Crippen molar-refractivity contribution in [2.24, 2.45) is 0 Å². The Bertz CT molecular complexity index is 1270. The van der Waals surface area contributed by atoms with E-state index < -0.39 is 10.0 Å². The van der Waals surface area contributed by atoms with Crippen LogP contribution in [0.1, 0.15) is 34.6 Å². The predicted molar refractivity (Wildman–Crippen MR) is 124 cm³/mol. The van der Waals surface area contributed by atoms with Crippen LogP contribution >= 0.6 is 11.3 Å². The number of carbonyl (C=O) groups is 1. The maximum atomic E-state index is 13.0. The molecular formula is C23H23N3O4S2. The molecule has 1 amide bonds. The maximum Gasteiger partial charge on any atom is 0.257 e. The average molecular weight is 470 g/mol. The molecule has 32 heavy (non-hydrogen) atoms. The lowest BCUT2D eigenvalue weighted by Gasteiger charge is -2.34. The van der Waals surface area contributed by atoms with Crippen LogP contribution in [0.2, 0.25) is 0 Å². The number of thiazole rings is 1. The molecule has 2 aromatic carbocycles. The number of aromatic nitrogens is 1. The topological polar surface area (TPSA) is 88.6 Å². The molecule has 5 rings (SSSR count). The molecule has 1 saturated heterocycles. The van der Waals surface area contributed by atoms with Crippen molar-refractivity contribution in [2.45, 2.75) is 37.4 Å². The van der Waals surface area contributed by atoms with Gasteiger partial charge < -0.3 is 4.74 Å². The SMILES string of the molecule is C[C@@H]1CN(S(=O)(=O)c2ccc(C(=O)Nc3nc4c(s3)Cc3ccccc3-4)cc2)C[C@@H](C)O1. The third kappa shape index (κ3) is 3.86. The molecule has 2 heterocycles. The number of amides is 1. The van der Waals surface area contributed by atoms with Crippen LogP contribution < -0.4 is 5.32 Å². The average Bonchev–Trinajstić information content (AvgIpc) is 3.30. The molecule has 1 aromatic heterocycles. The summed E-state index contributed by atoms with van der Waals surface area (Å²) in [6, 6.07) is 14.2. The summed E-state index contributed by atoms with van der Waals surface area (Å²) < 4.78 is 33.1. The molecule has 166 valence electrons. The molecule has 0 radical (unpaired) electrons. The van der Waals surface area contributed by atoms with Gasteiger partial charge in [0, 0.05) is 35.5 Å². The summed E-state index contributed by atoms with van der Waals surface area (Å²) in [7, 11) is -3.64. The highest BCUT2D eigenvalue weighted by atomic mass is 32.2. The molecule has 3 aromatic rings. The maximum absolute atomic E-state index is 13.0. The van der Waals surface area contributed by atoms with Crippen LogP contribution in [0.5, 0.6) is 0 Å². The number of sulfonamides is 1. The van der Waals surface area contributed by atoms with Crippen molar-refractivity contribution < 1.29 is 17.9 Å². The minimum Gasteiger partial charge on any atom is -0.373 e. The summed E-state index contributed by atoms with van der Waals surface area (Å²) in [4.78, 5) is 18.6. The minimum atomic E-state index is -3.64. The number of hydrogen-bond acceptors (Lipinski definition) is 6. The number of hydrogen-bond donors (Lipinski definition) is 1. The number of benzene rings is 2. The summed E-state index contributed by atoms with van der Waals surface area (Å²) in [5, 5.41) is 3.39. The Balaban J connectivity index is 1.30. The quantitative estimate of drug-likeness (QED) is 0.492. The molecule has 9 heteroatoms. The van der Waals surface area contributed by atoms with E-state index in [0.29, 0.717) is 23.8 Å². The van der Waals surface area contributed by atoms with Gasteiger partial charge in [0.25, 0.3) is 5.91 Å². The molecule has 2 atom stereocenters. The van der Waals surface area contributed by atoms with Crippen LogP contribution in [0.4, 0.5) is 5.13 Å². The zero-order valence-corrected chi connectivity index (χ0v) is 19.4. The Labute approximate surface area is 191 Å². The molecule has 7 nitrogen and oxygen atoms in total. The number of fused-ring (bicyclic) bond motifs is 3. The van der Waals surface area contributed by atoms with Crippen LogP contribution in [0.25, 0.3) is 11.3 Å². The van der Waals surface area contributed by atoms with Gasteiger partial charge in [-0.15, -0.1) is 11.3 Å². The van der Waals surface area contributed by atoms with Gasteiger partial charge in [-0.05, 0) is 43.7 Å². The lowest BCUT2D eigenvalue weighted by molar-refractivity contribution is -0.0440. The Morgan fingerprint density at radius 2 is 1.78 bits per heavy atom. The first kappa shape index (κ1) is 21.3. The summed E-state index contributed by atoms with van der Waals surface area (Å²) in [5.41, 5.74) is 3.67. The smallest absolute Gasteiger partial charge is 0.257 e. The highest BCUT2D eigenvalue weighted by Crippen LogP contribution is 2.40. The van der Waals surface area contributed by atoms with Crippen molar-refractivity contribution in [3.63, 3.8) is 0 Å². The molecule has 1 aliphatic heterocycles. The van der Waals surface area contributed by atoms with E-state index in [0.717, 1.165) is 22.6 Å². The van der Waals surface area contributed by atoms with Crippen molar-refractivity contribution in [2.75, 3.05) is 18.4 Å². The normalized spacial score (nSPS) is 20.6. The van der Waals surface area contributed by atoms with E-state index in [-0.39, 0.29) is 23.0 Å². The van der Waals surface area contributed by atoms with Gasteiger partial charge in [-0.3, -0.25) is 10.1 Å². The molecule has 2 aliphatic rings. The third-order valence-corrected chi connectivity index (χ3v) is 8.50. The Hall–Kier alpha value is -2.59. The van der Waals surface area contributed by atoms with Crippen LogP contribution in [0, 0.1) is 0 Å². The first-order valence-electron chi connectivity index (χ1n) is 10.5. The summed E-state index contributed by atoms with van der Waals surface area (Å²) in [5.74, 6) is -0.316. The molecule has 0 bridgehead atoms. The molecule has 0 unspecified atom stereocenters. The first-order valence-corrected chi connectivity index (χ1v) is 12.7. The van der Waals surface area contributed by atoms with Crippen LogP contribution in [0.3, 0.4) is 0 Å². The van der Waals surface area contributed by atoms with Gasteiger partial charge in [0.15, 0.2) is 5.13 Å². The number of nitrogens with one attached hydrogen (secondary N) is 1. The van der Waals surface area contributed by atoms with Crippen molar-refractivity contribution in [1.29, 1.82) is 0 Å². The Morgan fingerprint density at radius 1 is 1.09 bits per heavy atom. The van der Waals surface area contributed by atoms with E-state index in [1.165, 1.54) is 45.5 Å². The van der Waals surface area contributed by atoms with E-state index in [9.17, 15) is 13.2 Å². The van der Waals surface area contributed by atoms with Crippen LogP contribution in [0.15, 0.2) is 53.4 Å². The number of anilines is 1. The lowest BCUT2D eigenvalue weighted by atomic mass is 10.1. The zero-order valence-electron chi connectivity index (χ0n) is 17.7. The second kappa shape index (κ2) is 8.08. The highest BCUT2D eigenvalue weighted by Gasteiger charge is 2.32. The van der Waals surface area contributed by atoms with Crippen LogP contribution in [-0.4, -0.2) is 48.9 Å². The van der Waals surface area contributed by atoms with Gasteiger partial charge >= 0.3 is 0 Å². The third-order valence-electron chi connectivity index (χ3n) is 5.68. The van der Waals surface area contributed by atoms with Crippen molar-refractivity contribution in [3.8, 4) is 11.3 Å². The summed E-state index contributed by atoms with van der Waals surface area (Å²) in [6.45, 7) is 4.34. The summed E-state index contributed by atoms with van der Waals surface area (Å²) in [6.07, 6.45) is 0.501. The van der Waals surface area contributed by atoms with E-state index in [2.05, 4.69) is 16.4 Å². The van der Waals surface area contributed by atoms with Crippen molar-refractivity contribution >= 4 is 32.4 Å². The number of carbonyl (C=O) groups excluding carboxylic acids is 1. The fraction of sp³-hybridized carbons (Fsp3) is 0.304. The standard InChI is InChI=1S/C23H23N3O4S2/c1-14-12-26(13-15(2)30-14)32(28,29)18-9-7-16(8-10-18)22(27)25-23-24-21-19-6-4-3-5-17(19)11-20(21)31-23/h3-10,14-15H,11-13H2,1-2H3,(H,24,25,27)/t14-,15-/m1/s1. The number of rotatable bonds is 4. The Kier molecular flexibility index (Phi) is 5.37. The molecular weight excluding hydrogens is 446 g/mol. The molecule has 0 spiro atoms. The first-order chi connectivity index (χ1) is 15.3. The highest BCUT2D eigenvalue weighted by molar-refractivity contribution is 7.89. The van der Waals surface area contributed by atoms with Gasteiger partial charge in [0.05, 0.1) is 22.8 Å². The fourth-order valence-electron chi connectivity index (χ4n) is 4.24. The predicted octanol–water partition coefficient (Wildman–Crippen LogP) is 3.76. The Morgan fingerprint density at radius 3 is 2.50 bits per heavy atom. The zero-order chi connectivity index (χ0) is 22.5. The van der Waals surface area contributed by atoms with Crippen LogP contribution in [-0.2, 0) is 21.2 Å². The van der Waals surface area contributed by atoms with E-state index in [4.69, 9.17) is 4.74 Å². The second-order valence-corrected chi connectivity index (χ2v) is 11.2. The van der Waals surface area contributed by atoms with E-state index in [1.807, 2.05) is 32.0 Å². The van der Waals surface area contributed by atoms with E-state index in [1.54, 1.807) is 0 Å². The van der Waals surface area contributed by atoms with Gasteiger partial charge in [-0.1, -0.05) is 24.3 Å². The van der Waals surface area contributed by atoms with Gasteiger partial charge in [-0.25, -0.2) is 13.4 Å². The van der Waals surface area contributed by atoms with Gasteiger partial charge in [0.2, 0.25) is 10.0 Å². The molecule has 1 aliphatic carbocycles. The largest absolute Gasteiger partial charge is 0.373 e. The monoisotopic (exact) mass is 469 g/mol. The lowest BCUT2D eigenvalue weighted by Crippen LogP contribution is -2.48. The number of nitrogens with zero attached hydrogens (tertiary/aromatic N) is 2. The molecule has 1 N–H and O–H groups in total.